The first kappa shape index (κ1) is 53.7. The number of thioether (sulfide) groups is 2. The lowest BCUT2D eigenvalue weighted by molar-refractivity contribution is -0.225. The van der Waals surface area contributed by atoms with Crippen molar-refractivity contribution in [2.75, 3.05) is 69.1 Å². The molecule has 0 aromatic heterocycles. The minimum atomic E-state index is -2.57. The number of hydrogen-bond donors (Lipinski definition) is 2. The number of amides is 2. The topological polar surface area (TPSA) is 186 Å². The van der Waals surface area contributed by atoms with Gasteiger partial charge in [0.05, 0.1) is 25.7 Å². The first-order chi connectivity index (χ1) is 33.8. The number of likely N-dealkylation sites (tertiary alicyclic amines) is 2. The molecule has 2 saturated heterocycles. The molecule has 0 saturated carbocycles. The normalized spacial score (nSPS) is 14.2. The summed E-state index contributed by atoms with van der Waals surface area (Å²) in [5, 5.41) is 20.7. The molecular weight excluding hydrogens is 933 g/mol. The molecule has 70 heavy (non-hydrogen) atoms. The molecule has 2 N–H and O–H groups in total. The summed E-state index contributed by atoms with van der Waals surface area (Å²) in [4.78, 5) is 77.2. The van der Waals surface area contributed by atoms with Crippen molar-refractivity contribution in [3.8, 4) is 0 Å². The van der Waals surface area contributed by atoms with Crippen LogP contribution in [-0.2, 0) is 86.2 Å². The molecule has 2 aliphatic heterocycles. The number of carbonyl (C=O) groups excluding carboxylic acids is 6. The molecular formula is C54H64N2O12S2. The zero-order chi connectivity index (χ0) is 49.7. The van der Waals surface area contributed by atoms with Crippen molar-refractivity contribution >= 4 is 59.2 Å². The Morgan fingerprint density at radius 2 is 0.900 bits per heavy atom. The van der Waals surface area contributed by atoms with Crippen molar-refractivity contribution in [1.29, 1.82) is 0 Å². The van der Waals surface area contributed by atoms with Gasteiger partial charge in [0.1, 0.15) is 26.4 Å². The molecule has 0 radical (unpaired) electrons. The number of carbonyl (C=O) groups is 6. The van der Waals surface area contributed by atoms with Crippen LogP contribution in [0.25, 0.3) is 0 Å². The van der Waals surface area contributed by atoms with Crippen LogP contribution in [0.3, 0.4) is 0 Å². The predicted molar refractivity (Wildman–Crippen MR) is 268 cm³/mol. The van der Waals surface area contributed by atoms with Gasteiger partial charge in [-0.2, -0.15) is 23.5 Å². The zero-order valence-corrected chi connectivity index (χ0v) is 41.5. The maximum absolute atomic E-state index is 12.6. The predicted octanol–water partition coefficient (Wildman–Crippen LogP) is 5.69. The molecule has 374 valence electrons. The Labute approximate surface area is 418 Å². The van der Waals surface area contributed by atoms with E-state index in [1.165, 1.54) is 0 Å². The van der Waals surface area contributed by atoms with E-state index in [0.29, 0.717) is 61.5 Å². The second-order valence-electron chi connectivity index (χ2n) is 17.8. The highest BCUT2D eigenvalue weighted by atomic mass is 32.2. The smallest absolute Gasteiger partial charge is 0.310 e. The van der Waals surface area contributed by atoms with Gasteiger partial charge in [0.15, 0.2) is 0 Å². The number of nitrogens with zero attached hydrogens (tertiary/aromatic N) is 2. The standard InChI is InChI=1S/C54H64N2O12S2/c1-39(56-23-3-5-49(56)58)36-70-29-26-66-51(60)33-45-16-8-41(9-17-45)31-43-12-20-47(21-13-43)35-53(62)68-38-54(63,64)37-67-52(61)34-46-18-10-42(11-19-46)30-40-6-14-44(15-7-40)32-50(59)65-25-28-69-27-24-55-22-2-4-48(55)57/h6-21,39,63-64H,2-5,22-38H2,1H3. The van der Waals surface area contributed by atoms with E-state index in [1.807, 2.05) is 82.6 Å². The van der Waals surface area contributed by atoms with E-state index in [1.54, 1.807) is 47.8 Å². The van der Waals surface area contributed by atoms with Gasteiger partial charge in [-0.3, -0.25) is 28.8 Å². The van der Waals surface area contributed by atoms with Crippen molar-refractivity contribution in [3.05, 3.63) is 142 Å². The van der Waals surface area contributed by atoms with Gasteiger partial charge in [-0.25, -0.2) is 0 Å². The average Bonchev–Trinajstić information content (AvgIpc) is 3.98. The van der Waals surface area contributed by atoms with Crippen LogP contribution < -0.4 is 0 Å². The minimum Gasteiger partial charge on any atom is -0.465 e. The fourth-order valence-corrected chi connectivity index (χ4v) is 9.64. The molecule has 16 heteroatoms. The largest absolute Gasteiger partial charge is 0.465 e. The van der Waals surface area contributed by atoms with Crippen LogP contribution in [-0.4, -0.2) is 137 Å². The Morgan fingerprint density at radius 1 is 0.529 bits per heavy atom. The van der Waals surface area contributed by atoms with E-state index < -0.39 is 30.9 Å². The monoisotopic (exact) mass is 996 g/mol. The van der Waals surface area contributed by atoms with Crippen molar-refractivity contribution in [2.45, 2.75) is 83.0 Å². The summed E-state index contributed by atoms with van der Waals surface area (Å²) in [6, 6.07) is 30.5. The summed E-state index contributed by atoms with van der Waals surface area (Å²) in [5.41, 5.74) is 7.19. The molecule has 4 aromatic carbocycles. The molecule has 1 unspecified atom stereocenters. The second kappa shape index (κ2) is 27.6. The number of benzene rings is 4. The molecule has 2 amide bonds. The SMILES string of the molecule is CC(CSCCOC(=O)Cc1ccc(Cc2ccc(CC(=O)OCC(O)(O)COC(=O)Cc3ccc(Cc4ccc(CC(=O)OCCSCCN5CCCC5=O)cc4)cc3)cc2)cc1)N1CCCC1=O. The number of ether oxygens (including phenoxy) is 4. The van der Waals surface area contributed by atoms with E-state index in [9.17, 15) is 39.0 Å². The van der Waals surface area contributed by atoms with Gasteiger partial charge >= 0.3 is 23.9 Å². The number of esters is 4. The average molecular weight is 997 g/mol. The first-order valence-electron chi connectivity index (χ1n) is 23.9. The Hall–Kier alpha value is -5.68. The van der Waals surface area contributed by atoms with Crippen LogP contribution in [0, 0.1) is 0 Å². The number of rotatable bonds is 28. The quantitative estimate of drug-likeness (QED) is 0.0306. The lowest BCUT2D eigenvalue weighted by Gasteiger charge is -2.23. The van der Waals surface area contributed by atoms with Gasteiger partial charge in [0.2, 0.25) is 17.6 Å². The first-order valence-corrected chi connectivity index (χ1v) is 26.2. The van der Waals surface area contributed by atoms with Gasteiger partial charge in [-0.15, -0.1) is 0 Å². The van der Waals surface area contributed by atoms with Crippen molar-refractivity contribution in [2.24, 2.45) is 0 Å². The van der Waals surface area contributed by atoms with Gasteiger partial charge in [0.25, 0.3) is 0 Å². The van der Waals surface area contributed by atoms with Crippen molar-refractivity contribution < 1.29 is 57.9 Å². The van der Waals surface area contributed by atoms with E-state index in [0.717, 1.165) is 77.4 Å². The molecule has 2 fully saturated rings. The maximum atomic E-state index is 12.6. The fourth-order valence-electron chi connectivity index (χ4n) is 8.00. The summed E-state index contributed by atoms with van der Waals surface area (Å²) in [5.74, 6) is -1.03. The van der Waals surface area contributed by atoms with Gasteiger partial charge in [-0.05, 0) is 77.1 Å². The molecule has 2 heterocycles. The molecule has 1 atom stereocenters. The third-order valence-corrected chi connectivity index (χ3v) is 14.0. The van der Waals surface area contributed by atoms with Crippen molar-refractivity contribution in [1.82, 2.24) is 9.80 Å². The van der Waals surface area contributed by atoms with Crippen LogP contribution in [0.4, 0.5) is 0 Å². The van der Waals surface area contributed by atoms with Gasteiger partial charge < -0.3 is 39.0 Å². The van der Waals surface area contributed by atoms with Crippen LogP contribution in [0.1, 0.15) is 77.1 Å². The van der Waals surface area contributed by atoms with Crippen LogP contribution >= 0.6 is 23.5 Å². The van der Waals surface area contributed by atoms with Crippen LogP contribution in [0.5, 0.6) is 0 Å². The minimum absolute atomic E-state index is 0.0948. The highest BCUT2D eigenvalue weighted by Gasteiger charge is 2.28. The Morgan fingerprint density at radius 3 is 1.29 bits per heavy atom. The van der Waals surface area contributed by atoms with Crippen LogP contribution in [0.2, 0.25) is 0 Å². The summed E-state index contributed by atoms with van der Waals surface area (Å²) in [7, 11) is 0. The van der Waals surface area contributed by atoms with Gasteiger partial charge in [-0.1, -0.05) is 97.1 Å². The van der Waals surface area contributed by atoms with Crippen molar-refractivity contribution in [3.63, 3.8) is 0 Å². The lowest BCUT2D eigenvalue weighted by atomic mass is 10.0. The molecule has 14 nitrogen and oxygen atoms in total. The molecule has 0 bridgehead atoms. The molecule has 0 spiro atoms. The lowest BCUT2D eigenvalue weighted by Crippen LogP contribution is -2.41. The van der Waals surface area contributed by atoms with E-state index in [2.05, 4.69) is 6.92 Å². The summed E-state index contributed by atoms with van der Waals surface area (Å²) >= 11 is 3.35. The van der Waals surface area contributed by atoms with E-state index >= 15 is 0 Å². The Balaban J connectivity index is 0.800. The Kier molecular flexibility index (Phi) is 21.2. The molecule has 4 aromatic rings. The molecule has 6 rings (SSSR count). The summed E-state index contributed by atoms with van der Waals surface area (Å²) in [6.07, 6.45) is 4.59. The molecule has 2 aliphatic rings. The molecule has 0 aliphatic carbocycles. The van der Waals surface area contributed by atoms with Gasteiger partial charge in [0, 0.05) is 61.5 Å². The highest BCUT2D eigenvalue weighted by molar-refractivity contribution is 7.99. The maximum Gasteiger partial charge on any atom is 0.310 e. The third kappa shape index (κ3) is 18.9. The summed E-state index contributed by atoms with van der Waals surface area (Å²) in [6.45, 7) is 3.55. The summed E-state index contributed by atoms with van der Waals surface area (Å²) < 4.78 is 21.0. The highest BCUT2D eigenvalue weighted by Crippen LogP contribution is 2.19. The second-order valence-corrected chi connectivity index (χ2v) is 20.2. The zero-order valence-electron chi connectivity index (χ0n) is 39.9. The fraction of sp³-hybridized carbons (Fsp3) is 0.444. The number of aliphatic hydroxyl groups is 2. The van der Waals surface area contributed by atoms with E-state index in [4.69, 9.17) is 18.9 Å². The van der Waals surface area contributed by atoms with E-state index in [-0.39, 0.29) is 55.5 Å². The van der Waals surface area contributed by atoms with Crippen LogP contribution in [0.15, 0.2) is 97.1 Å². The third-order valence-electron chi connectivity index (χ3n) is 11.9. The number of hydrogen-bond acceptors (Lipinski definition) is 14. The Bertz CT molecular complexity index is 2340.